The second-order valence-corrected chi connectivity index (χ2v) is 8.26. The second kappa shape index (κ2) is 10.1. The van der Waals surface area contributed by atoms with Gasteiger partial charge in [-0.05, 0) is 49.1 Å². The molecule has 36 heavy (non-hydrogen) atoms. The molecule has 1 aromatic carbocycles. The third-order valence-corrected chi connectivity index (χ3v) is 5.79. The molecule has 1 atom stereocenters. The highest BCUT2D eigenvalue weighted by molar-refractivity contribution is 5.85. The van der Waals surface area contributed by atoms with Gasteiger partial charge in [-0.25, -0.2) is 9.97 Å². The van der Waals surface area contributed by atoms with Gasteiger partial charge in [-0.15, -0.1) is 0 Å². The standard InChI is InChI=1S/C24H21F6N5O/c25-23(26,27)17-5-3-15(4-6-17)7-12-32-21(36)19-2-1-13-35(19)20-14-18(16-8-10-31-11-9-16)33-22(34-20)24(28,29)30/h3-6,8-11,14,19H,1-2,7,12-13H2,(H,32,36)/t19-/m0/s1. The van der Waals surface area contributed by atoms with E-state index in [4.69, 9.17) is 0 Å². The number of nitrogens with zero attached hydrogens (tertiary/aromatic N) is 4. The van der Waals surface area contributed by atoms with E-state index < -0.39 is 35.7 Å². The van der Waals surface area contributed by atoms with Crippen LogP contribution in [0.3, 0.4) is 0 Å². The van der Waals surface area contributed by atoms with Crippen LogP contribution in [0.5, 0.6) is 0 Å². The average Bonchev–Trinajstić information content (AvgIpc) is 3.34. The van der Waals surface area contributed by atoms with Gasteiger partial charge < -0.3 is 10.2 Å². The zero-order valence-electron chi connectivity index (χ0n) is 18.8. The highest BCUT2D eigenvalue weighted by Crippen LogP contribution is 2.33. The van der Waals surface area contributed by atoms with Crippen molar-refractivity contribution in [3.63, 3.8) is 0 Å². The maximum absolute atomic E-state index is 13.5. The van der Waals surface area contributed by atoms with E-state index in [2.05, 4.69) is 20.3 Å². The van der Waals surface area contributed by atoms with E-state index in [1.54, 1.807) is 0 Å². The first-order valence-corrected chi connectivity index (χ1v) is 11.1. The Bertz CT molecular complexity index is 1200. The minimum absolute atomic E-state index is 0.00970. The molecule has 1 aliphatic rings. The molecular formula is C24H21F6N5O. The van der Waals surface area contributed by atoms with Crippen LogP contribution in [-0.2, 0) is 23.6 Å². The lowest BCUT2D eigenvalue weighted by atomic mass is 10.1. The number of hydrogen-bond donors (Lipinski definition) is 1. The molecule has 0 unspecified atom stereocenters. The van der Waals surface area contributed by atoms with Crippen molar-refractivity contribution in [2.75, 3.05) is 18.0 Å². The molecule has 0 radical (unpaired) electrons. The molecule has 1 fully saturated rings. The Morgan fingerprint density at radius 1 is 0.972 bits per heavy atom. The molecule has 0 bridgehead atoms. The number of halogens is 6. The number of anilines is 1. The van der Waals surface area contributed by atoms with Gasteiger partial charge in [-0.3, -0.25) is 9.78 Å². The van der Waals surface area contributed by atoms with Crippen molar-refractivity contribution in [2.24, 2.45) is 0 Å². The van der Waals surface area contributed by atoms with E-state index in [0.29, 0.717) is 36.9 Å². The van der Waals surface area contributed by atoms with Gasteiger partial charge in [0.15, 0.2) is 0 Å². The van der Waals surface area contributed by atoms with Gasteiger partial charge in [0.05, 0.1) is 11.3 Å². The van der Waals surface area contributed by atoms with E-state index in [0.717, 1.165) is 12.1 Å². The van der Waals surface area contributed by atoms with Gasteiger partial charge in [0.1, 0.15) is 11.9 Å². The molecule has 2 aromatic heterocycles. The van der Waals surface area contributed by atoms with Crippen molar-refractivity contribution in [3.8, 4) is 11.3 Å². The Morgan fingerprint density at radius 2 is 1.67 bits per heavy atom. The van der Waals surface area contributed by atoms with Crippen LogP contribution in [0.4, 0.5) is 32.2 Å². The Hall–Kier alpha value is -3.70. The minimum atomic E-state index is -4.78. The van der Waals surface area contributed by atoms with Crippen molar-refractivity contribution >= 4 is 11.7 Å². The minimum Gasteiger partial charge on any atom is -0.354 e. The third kappa shape index (κ3) is 5.92. The number of carbonyl (C=O) groups is 1. The van der Waals surface area contributed by atoms with E-state index >= 15 is 0 Å². The van der Waals surface area contributed by atoms with Gasteiger partial charge in [0, 0.05) is 37.1 Å². The van der Waals surface area contributed by atoms with Crippen molar-refractivity contribution in [1.82, 2.24) is 20.3 Å². The normalized spacial score (nSPS) is 16.3. The summed E-state index contributed by atoms with van der Waals surface area (Å²) in [6.45, 7) is 0.496. The van der Waals surface area contributed by atoms with E-state index in [1.165, 1.54) is 47.6 Å². The molecule has 0 aliphatic carbocycles. The Balaban J connectivity index is 1.48. The number of pyridine rings is 1. The Morgan fingerprint density at radius 3 is 2.31 bits per heavy atom. The molecule has 3 aromatic rings. The quantitative estimate of drug-likeness (QED) is 0.479. The van der Waals surface area contributed by atoms with Crippen LogP contribution >= 0.6 is 0 Å². The van der Waals surface area contributed by atoms with Crippen LogP contribution in [0, 0.1) is 0 Å². The largest absolute Gasteiger partial charge is 0.451 e. The first kappa shape index (κ1) is 25.4. The van der Waals surface area contributed by atoms with Crippen molar-refractivity contribution in [1.29, 1.82) is 0 Å². The van der Waals surface area contributed by atoms with E-state index in [-0.39, 0.29) is 18.1 Å². The molecule has 0 spiro atoms. The van der Waals surface area contributed by atoms with Gasteiger partial charge in [-0.1, -0.05) is 12.1 Å². The average molecular weight is 509 g/mol. The van der Waals surface area contributed by atoms with E-state index in [1.807, 2.05) is 0 Å². The fourth-order valence-electron chi connectivity index (χ4n) is 4.00. The zero-order valence-corrected chi connectivity index (χ0v) is 18.8. The fourth-order valence-corrected chi connectivity index (χ4v) is 4.00. The summed E-state index contributed by atoms with van der Waals surface area (Å²) in [7, 11) is 0. The van der Waals surface area contributed by atoms with Crippen LogP contribution in [-0.4, -0.2) is 40.0 Å². The topological polar surface area (TPSA) is 71.0 Å². The SMILES string of the molecule is O=C(NCCc1ccc(C(F)(F)F)cc1)[C@@H]1CCCN1c1cc(-c2ccncc2)nc(C(F)(F)F)n1. The van der Waals surface area contributed by atoms with Crippen molar-refractivity contribution < 1.29 is 31.1 Å². The van der Waals surface area contributed by atoms with Crippen LogP contribution in [0.2, 0.25) is 0 Å². The fraction of sp³-hybridized carbons (Fsp3) is 0.333. The lowest BCUT2D eigenvalue weighted by Crippen LogP contribution is -2.44. The molecule has 4 rings (SSSR count). The number of amides is 1. The predicted molar refractivity (Wildman–Crippen MR) is 119 cm³/mol. The number of hydrogen-bond acceptors (Lipinski definition) is 5. The number of benzene rings is 1. The summed E-state index contributed by atoms with van der Waals surface area (Å²) in [6.07, 6.45) is -5.04. The zero-order chi connectivity index (χ0) is 25.9. The Kier molecular flexibility index (Phi) is 7.14. The molecule has 6 nitrogen and oxygen atoms in total. The number of alkyl halides is 6. The van der Waals surface area contributed by atoms with Gasteiger partial charge in [0.25, 0.3) is 0 Å². The number of aromatic nitrogens is 3. The highest BCUT2D eigenvalue weighted by Gasteiger charge is 2.38. The summed E-state index contributed by atoms with van der Waals surface area (Å²) >= 11 is 0. The molecule has 12 heteroatoms. The summed E-state index contributed by atoms with van der Waals surface area (Å²) in [5.74, 6) is -1.71. The first-order chi connectivity index (χ1) is 17.0. The molecule has 3 heterocycles. The lowest BCUT2D eigenvalue weighted by Gasteiger charge is -2.26. The summed E-state index contributed by atoms with van der Waals surface area (Å²) in [5.41, 5.74) is 0.337. The smallest absolute Gasteiger partial charge is 0.354 e. The van der Waals surface area contributed by atoms with E-state index in [9.17, 15) is 31.1 Å². The van der Waals surface area contributed by atoms with Crippen molar-refractivity contribution in [3.05, 3.63) is 71.8 Å². The maximum Gasteiger partial charge on any atom is 0.451 e. The molecule has 1 aliphatic heterocycles. The molecule has 1 saturated heterocycles. The number of nitrogens with one attached hydrogen (secondary N) is 1. The van der Waals surface area contributed by atoms with Crippen LogP contribution in [0.15, 0.2) is 54.9 Å². The maximum atomic E-state index is 13.5. The highest BCUT2D eigenvalue weighted by atomic mass is 19.4. The summed E-state index contributed by atoms with van der Waals surface area (Å²) in [4.78, 5) is 25.6. The Labute approximate surface area is 202 Å². The molecule has 0 saturated carbocycles. The molecule has 1 amide bonds. The predicted octanol–water partition coefficient (Wildman–Crippen LogP) is 4.90. The first-order valence-electron chi connectivity index (χ1n) is 11.1. The summed E-state index contributed by atoms with van der Waals surface area (Å²) in [5, 5.41) is 2.73. The summed E-state index contributed by atoms with van der Waals surface area (Å²) < 4.78 is 78.7. The van der Waals surface area contributed by atoms with Crippen LogP contribution in [0.1, 0.15) is 29.8 Å². The molecular weight excluding hydrogens is 488 g/mol. The number of rotatable bonds is 6. The third-order valence-electron chi connectivity index (χ3n) is 5.79. The van der Waals surface area contributed by atoms with Gasteiger partial charge in [-0.2, -0.15) is 26.3 Å². The lowest BCUT2D eigenvalue weighted by molar-refractivity contribution is -0.144. The number of carbonyl (C=O) groups excluding carboxylic acids is 1. The second-order valence-electron chi connectivity index (χ2n) is 8.26. The van der Waals surface area contributed by atoms with Crippen LogP contribution < -0.4 is 10.2 Å². The summed E-state index contributed by atoms with van der Waals surface area (Å²) in [6, 6.07) is 8.38. The van der Waals surface area contributed by atoms with Crippen LogP contribution in [0.25, 0.3) is 11.3 Å². The molecule has 1 N–H and O–H groups in total. The monoisotopic (exact) mass is 509 g/mol. The molecule has 190 valence electrons. The van der Waals surface area contributed by atoms with Gasteiger partial charge >= 0.3 is 12.4 Å². The van der Waals surface area contributed by atoms with Gasteiger partial charge in [0.2, 0.25) is 11.7 Å². The van der Waals surface area contributed by atoms with Crippen molar-refractivity contribution in [2.45, 2.75) is 37.7 Å².